The predicted octanol–water partition coefficient (Wildman–Crippen LogP) is 0.716. The maximum Gasteiger partial charge on any atom is 0.322 e. The molecule has 3 amide bonds. The SMILES string of the molecule is Cc1noc2ncnc(NC[C@H]3CCC[C@]34NC(=O)NC4=O)c12. The average molecular weight is 316 g/mol. The zero-order chi connectivity index (χ0) is 16.0. The van der Waals surface area contributed by atoms with Crippen molar-refractivity contribution in [2.24, 2.45) is 5.92 Å². The van der Waals surface area contributed by atoms with Crippen molar-refractivity contribution in [2.75, 3.05) is 11.9 Å². The predicted molar refractivity (Wildman–Crippen MR) is 79.6 cm³/mol. The van der Waals surface area contributed by atoms with Gasteiger partial charge in [-0.05, 0) is 19.8 Å². The topological polar surface area (TPSA) is 122 Å². The van der Waals surface area contributed by atoms with Gasteiger partial charge in [-0.25, -0.2) is 9.78 Å². The monoisotopic (exact) mass is 316 g/mol. The summed E-state index contributed by atoms with van der Waals surface area (Å²) in [4.78, 5) is 32.0. The quantitative estimate of drug-likeness (QED) is 0.713. The maximum absolute atomic E-state index is 12.2. The second-order valence-electron chi connectivity index (χ2n) is 6.02. The number of carbonyl (C=O) groups excluding carboxylic acids is 2. The Morgan fingerprint density at radius 2 is 2.30 bits per heavy atom. The summed E-state index contributed by atoms with van der Waals surface area (Å²) in [5, 5.41) is 13.0. The highest BCUT2D eigenvalue weighted by Crippen LogP contribution is 2.38. The second-order valence-corrected chi connectivity index (χ2v) is 6.02. The first-order valence-corrected chi connectivity index (χ1v) is 7.54. The van der Waals surface area contributed by atoms with Crippen molar-refractivity contribution >= 4 is 28.9 Å². The molecule has 2 aromatic heterocycles. The highest BCUT2D eigenvalue weighted by molar-refractivity contribution is 6.07. The molecule has 2 aromatic rings. The number of hydrogen-bond donors (Lipinski definition) is 3. The number of anilines is 1. The Morgan fingerprint density at radius 3 is 3.09 bits per heavy atom. The highest BCUT2D eigenvalue weighted by atomic mass is 16.5. The summed E-state index contributed by atoms with van der Waals surface area (Å²) in [7, 11) is 0. The first-order chi connectivity index (χ1) is 11.1. The summed E-state index contributed by atoms with van der Waals surface area (Å²) in [6.45, 7) is 2.34. The number of carbonyl (C=O) groups is 2. The van der Waals surface area contributed by atoms with Gasteiger partial charge in [-0.15, -0.1) is 0 Å². The van der Waals surface area contributed by atoms with Gasteiger partial charge in [0.1, 0.15) is 23.1 Å². The van der Waals surface area contributed by atoms with Crippen molar-refractivity contribution in [1.82, 2.24) is 25.8 Å². The number of urea groups is 1. The van der Waals surface area contributed by atoms with E-state index in [0.717, 1.165) is 18.2 Å². The van der Waals surface area contributed by atoms with E-state index in [0.29, 0.717) is 30.2 Å². The first kappa shape index (κ1) is 13.9. The number of fused-ring (bicyclic) bond motifs is 1. The third kappa shape index (κ3) is 2.03. The van der Waals surface area contributed by atoms with Crippen LogP contribution < -0.4 is 16.0 Å². The van der Waals surface area contributed by atoms with Gasteiger partial charge in [0.05, 0.1) is 5.69 Å². The summed E-state index contributed by atoms with van der Waals surface area (Å²) < 4.78 is 5.12. The van der Waals surface area contributed by atoms with E-state index >= 15 is 0 Å². The zero-order valence-electron chi connectivity index (χ0n) is 12.5. The van der Waals surface area contributed by atoms with Gasteiger partial charge < -0.3 is 15.2 Å². The second kappa shape index (κ2) is 4.90. The smallest absolute Gasteiger partial charge is 0.322 e. The largest absolute Gasteiger partial charge is 0.369 e. The minimum atomic E-state index is -0.806. The number of amides is 3. The van der Waals surface area contributed by atoms with Gasteiger partial charge in [-0.2, -0.15) is 4.98 Å². The lowest BCUT2D eigenvalue weighted by atomic mass is 9.87. The molecule has 1 aliphatic carbocycles. The molecule has 2 fully saturated rings. The van der Waals surface area contributed by atoms with Crippen LogP contribution in [0.1, 0.15) is 25.0 Å². The lowest BCUT2D eigenvalue weighted by molar-refractivity contribution is -0.125. The summed E-state index contributed by atoms with van der Waals surface area (Å²) in [5.41, 5.74) is 0.323. The number of imide groups is 1. The molecule has 9 nitrogen and oxygen atoms in total. The number of rotatable bonds is 3. The molecule has 1 saturated heterocycles. The van der Waals surface area contributed by atoms with Crippen LogP contribution in [0.3, 0.4) is 0 Å². The fraction of sp³-hybridized carbons (Fsp3) is 0.500. The molecule has 23 heavy (non-hydrogen) atoms. The lowest BCUT2D eigenvalue weighted by Gasteiger charge is -2.28. The van der Waals surface area contributed by atoms with Crippen LogP contribution in [0.2, 0.25) is 0 Å². The minimum Gasteiger partial charge on any atom is -0.369 e. The van der Waals surface area contributed by atoms with Crippen molar-refractivity contribution in [2.45, 2.75) is 31.7 Å². The third-order valence-corrected chi connectivity index (χ3v) is 4.75. The number of aryl methyl sites for hydroxylation is 1. The standard InChI is InChI=1S/C14H16N6O3/c1-7-9-10(16-6-17-11(9)23-20-7)15-5-8-3-2-4-14(8)12(21)18-13(22)19-14/h6,8H,2-5H2,1H3,(H,15,16,17)(H2,18,19,21,22)/t8-,14+/m1/s1. The van der Waals surface area contributed by atoms with Gasteiger partial charge in [0, 0.05) is 12.5 Å². The number of aromatic nitrogens is 3. The minimum absolute atomic E-state index is 0.000804. The summed E-state index contributed by atoms with van der Waals surface area (Å²) in [5.74, 6) is 0.389. The van der Waals surface area contributed by atoms with Crippen molar-refractivity contribution in [3.05, 3.63) is 12.0 Å². The van der Waals surface area contributed by atoms with Crippen molar-refractivity contribution in [1.29, 1.82) is 0 Å². The fourth-order valence-corrected chi connectivity index (χ4v) is 3.60. The molecule has 9 heteroatoms. The van der Waals surface area contributed by atoms with Crippen LogP contribution in [0.5, 0.6) is 0 Å². The molecule has 0 bridgehead atoms. The van der Waals surface area contributed by atoms with E-state index in [1.54, 1.807) is 0 Å². The number of nitrogens with one attached hydrogen (secondary N) is 3. The van der Waals surface area contributed by atoms with Gasteiger partial charge in [0.15, 0.2) is 0 Å². The summed E-state index contributed by atoms with van der Waals surface area (Å²) in [6.07, 6.45) is 3.81. The molecule has 120 valence electrons. The average Bonchev–Trinajstić information content (AvgIpc) is 3.18. The lowest BCUT2D eigenvalue weighted by Crippen LogP contribution is -2.51. The molecule has 3 heterocycles. The van der Waals surface area contributed by atoms with Crippen molar-refractivity contribution < 1.29 is 14.1 Å². The van der Waals surface area contributed by atoms with E-state index in [-0.39, 0.29) is 11.8 Å². The van der Waals surface area contributed by atoms with Gasteiger partial charge in [0.25, 0.3) is 11.6 Å². The van der Waals surface area contributed by atoms with Crippen LogP contribution in [-0.2, 0) is 4.79 Å². The Labute approximate surface area is 131 Å². The Bertz CT molecular complexity index is 803. The normalized spacial score (nSPS) is 26.7. The number of hydrogen-bond acceptors (Lipinski definition) is 7. The molecule has 2 aliphatic rings. The van der Waals surface area contributed by atoms with Crippen LogP contribution in [0, 0.1) is 12.8 Å². The zero-order valence-corrected chi connectivity index (χ0v) is 12.5. The van der Waals surface area contributed by atoms with Crippen molar-refractivity contribution in [3.8, 4) is 0 Å². The van der Waals surface area contributed by atoms with E-state index in [1.807, 2.05) is 6.92 Å². The van der Waals surface area contributed by atoms with Gasteiger partial charge in [-0.3, -0.25) is 10.1 Å². The van der Waals surface area contributed by atoms with Gasteiger partial charge >= 0.3 is 6.03 Å². The Balaban J connectivity index is 1.57. The molecule has 0 unspecified atom stereocenters. The summed E-state index contributed by atoms with van der Waals surface area (Å²) in [6, 6.07) is -0.416. The molecule has 1 aliphatic heterocycles. The molecule has 0 radical (unpaired) electrons. The highest BCUT2D eigenvalue weighted by Gasteiger charge is 2.54. The van der Waals surface area contributed by atoms with E-state index in [4.69, 9.17) is 4.52 Å². The molecule has 4 rings (SSSR count). The van der Waals surface area contributed by atoms with Crippen LogP contribution >= 0.6 is 0 Å². The van der Waals surface area contributed by atoms with E-state index in [1.165, 1.54) is 6.33 Å². The molecule has 1 spiro atoms. The number of nitrogens with zero attached hydrogens (tertiary/aromatic N) is 3. The maximum atomic E-state index is 12.2. The van der Waals surface area contributed by atoms with Crippen LogP contribution in [-0.4, -0.2) is 39.1 Å². The molecular weight excluding hydrogens is 300 g/mol. The first-order valence-electron chi connectivity index (χ1n) is 7.54. The van der Waals surface area contributed by atoms with E-state index < -0.39 is 11.6 Å². The van der Waals surface area contributed by atoms with Gasteiger partial charge in [-0.1, -0.05) is 11.6 Å². The van der Waals surface area contributed by atoms with Crippen LogP contribution in [0.4, 0.5) is 10.6 Å². The van der Waals surface area contributed by atoms with E-state index in [2.05, 4.69) is 31.1 Å². The molecule has 2 atom stereocenters. The van der Waals surface area contributed by atoms with E-state index in [9.17, 15) is 9.59 Å². The third-order valence-electron chi connectivity index (χ3n) is 4.75. The fourth-order valence-electron chi connectivity index (χ4n) is 3.60. The van der Waals surface area contributed by atoms with Crippen LogP contribution in [0.25, 0.3) is 11.1 Å². The molecule has 0 aromatic carbocycles. The van der Waals surface area contributed by atoms with Crippen molar-refractivity contribution in [3.63, 3.8) is 0 Å². The Morgan fingerprint density at radius 1 is 1.43 bits per heavy atom. The molecule has 3 N–H and O–H groups in total. The van der Waals surface area contributed by atoms with Gasteiger partial charge in [0.2, 0.25) is 0 Å². The molecular formula is C14H16N6O3. The Kier molecular flexibility index (Phi) is 2.97. The summed E-state index contributed by atoms with van der Waals surface area (Å²) >= 11 is 0. The molecule has 1 saturated carbocycles. The van der Waals surface area contributed by atoms with Crippen LogP contribution in [0.15, 0.2) is 10.9 Å². The Hall–Kier alpha value is -2.71.